The van der Waals surface area contributed by atoms with Crippen molar-refractivity contribution in [1.82, 2.24) is 15.2 Å². The molecule has 170 valence electrons. The van der Waals surface area contributed by atoms with Crippen LogP contribution in [0.3, 0.4) is 0 Å². The van der Waals surface area contributed by atoms with Crippen molar-refractivity contribution in [2.75, 3.05) is 5.43 Å². The predicted molar refractivity (Wildman–Crippen MR) is 113 cm³/mol. The van der Waals surface area contributed by atoms with E-state index in [2.05, 4.69) is 16.0 Å². The number of nitrogens with zero attached hydrogens (tertiary/aromatic N) is 3. The number of aryl methyl sites for hydroxylation is 1. The highest BCUT2D eigenvalue weighted by Crippen LogP contribution is 2.35. The van der Waals surface area contributed by atoms with Crippen molar-refractivity contribution in [3.05, 3.63) is 80.6 Å². The highest BCUT2D eigenvalue weighted by Gasteiger charge is 2.33. The van der Waals surface area contributed by atoms with Crippen LogP contribution in [0, 0.1) is 22.9 Å². The molecule has 2 aromatic carbocycles. The quantitative estimate of drug-likeness (QED) is 0.232. The maximum atomic E-state index is 13.2. The number of aromatic nitrogens is 2. The Hall–Kier alpha value is -4.00. The smallest absolute Gasteiger partial charge is 0.292 e. The minimum atomic E-state index is -4.75. The van der Waals surface area contributed by atoms with Crippen LogP contribution in [0.5, 0.6) is 0 Å². The molecule has 0 atom stereocenters. The summed E-state index contributed by atoms with van der Waals surface area (Å²) in [6.45, 7) is 1.74. The van der Waals surface area contributed by atoms with Crippen LogP contribution in [-0.2, 0) is 6.18 Å². The van der Waals surface area contributed by atoms with E-state index >= 15 is 0 Å². The number of carbonyl (C=O) groups is 1. The van der Waals surface area contributed by atoms with E-state index in [1.807, 2.05) is 0 Å². The van der Waals surface area contributed by atoms with Crippen molar-refractivity contribution in [2.45, 2.75) is 13.1 Å². The van der Waals surface area contributed by atoms with E-state index in [0.29, 0.717) is 33.7 Å². The van der Waals surface area contributed by atoms with Crippen molar-refractivity contribution >= 4 is 38.8 Å². The Kier molecular flexibility index (Phi) is 5.49. The normalized spacial score (nSPS) is 11.5. The number of halogens is 4. The minimum absolute atomic E-state index is 0.225. The van der Waals surface area contributed by atoms with E-state index in [0.717, 1.165) is 17.4 Å². The lowest BCUT2D eigenvalue weighted by Crippen LogP contribution is -2.29. The molecule has 0 aliphatic carbocycles. The van der Waals surface area contributed by atoms with E-state index in [9.17, 15) is 32.5 Å². The van der Waals surface area contributed by atoms with E-state index in [1.165, 1.54) is 24.3 Å². The maximum absolute atomic E-state index is 13.2. The summed E-state index contributed by atoms with van der Waals surface area (Å²) >= 11 is 1.08. The number of nitrogens with one attached hydrogen (secondary N) is 2. The van der Waals surface area contributed by atoms with Gasteiger partial charge in [0.15, 0.2) is 0 Å². The van der Waals surface area contributed by atoms with Gasteiger partial charge in [-0.3, -0.25) is 25.8 Å². The third kappa shape index (κ3) is 4.35. The summed E-state index contributed by atoms with van der Waals surface area (Å²) in [5.41, 5.74) is 3.44. The Labute approximate surface area is 186 Å². The first-order chi connectivity index (χ1) is 15.5. The number of anilines is 1. The van der Waals surface area contributed by atoms with Crippen LogP contribution in [0.25, 0.3) is 15.9 Å². The Morgan fingerprint density at radius 3 is 2.48 bits per heavy atom. The Bertz CT molecular complexity index is 1380. The third-order valence-corrected chi connectivity index (χ3v) is 5.78. The molecule has 33 heavy (non-hydrogen) atoms. The zero-order chi connectivity index (χ0) is 23.9. The van der Waals surface area contributed by atoms with Crippen molar-refractivity contribution < 1.29 is 27.3 Å². The number of amides is 1. The van der Waals surface area contributed by atoms with Gasteiger partial charge >= 0.3 is 6.18 Å². The number of hydrogen-bond donors (Lipinski definition) is 2. The SMILES string of the molecule is Cc1nn(-c2ccc(F)cc2)c2sc(C(=O)NNc3ccc(C(F)(F)F)cc3[N+](=O)[O-])cc12. The van der Waals surface area contributed by atoms with Crippen molar-refractivity contribution in [3.63, 3.8) is 0 Å². The molecule has 1 amide bonds. The number of carbonyl (C=O) groups excluding carboxylic acids is 1. The van der Waals surface area contributed by atoms with Crippen LogP contribution in [0.2, 0.25) is 0 Å². The average Bonchev–Trinajstić information content (AvgIpc) is 3.32. The van der Waals surface area contributed by atoms with E-state index in [4.69, 9.17) is 0 Å². The largest absolute Gasteiger partial charge is 0.416 e. The number of nitro benzene ring substituents is 1. The minimum Gasteiger partial charge on any atom is -0.292 e. The van der Waals surface area contributed by atoms with Crippen LogP contribution < -0.4 is 10.9 Å². The lowest BCUT2D eigenvalue weighted by atomic mass is 10.1. The number of benzene rings is 2. The zero-order valence-electron chi connectivity index (χ0n) is 16.6. The fourth-order valence-corrected chi connectivity index (χ4v) is 4.14. The molecule has 0 radical (unpaired) electrons. The topological polar surface area (TPSA) is 102 Å². The monoisotopic (exact) mass is 479 g/mol. The first-order valence-electron chi connectivity index (χ1n) is 9.21. The standard InChI is InChI=1S/C20H13F4N5O3S/c1-10-14-9-17(33-19(14)28(27-10)13-5-3-12(21)4-6-13)18(30)26-25-15-7-2-11(20(22,23)24)8-16(15)29(31)32/h2-9,25H,1H3,(H,26,30). The molecule has 0 fully saturated rings. The second kappa shape index (κ2) is 8.16. The van der Waals surface area contributed by atoms with E-state index < -0.39 is 34.1 Å². The summed E-state index contributed by atoms with van der Waals surface area (Å²) in [5, 5.41) is 16.3. The number of alkyl halides is 3. The number of hydrogen-bond acceptors (Lipinski definition) is 6. The van der Waals surface area contributed by atoms with Gasteiger partial charge < -0.3 is 0 Å². The highest BCUT2D eigenvalue weighted by atomic mass is 32.1. The van der Waals surface area contributed by atoms with Gasteiger partial charge in [-0.05, 0) is 49.4 Å². The molecule has 0 aliphatic rings. The lowest BCUT2D eigenvalue weighted by Gasteiger charge is -2.11. The highest BCUT2D eigenvalue weighted by molar-refractivity contribution is 7.20. The molecule has 2 aromatic heterocycles. The molecule has 4 aromatic rings. The number of fused-ring (bicyclic) bond motifs is 1. The van der Waals surface area contributed by atoms with Crippen molar-refractivity contribution in [3.8, 4) is 5.69 Å². The summed E-state index contributed by atoms with van der Waals surface area (Å²) in [7, 11) is 0. The molecule has 0 unspecified atom stereocenters. The molecular formula is C20H13F4N5O3S. The van der Waals surface area contributed by atoms with Gasteiger partial charge in [-0.1, -0.05) is 0 Å². The Morgan fingerprint density at radius 2 is 1.85 bits per heavy atom. The summed E-state index contributed by atoms with van der Waals surface area (Å²) < 4.78 is 53.3. The van der Waals surface area contributed by atoms with Crippen LogP contribution in [0.15, 0.2) is 48.5 Å². The fourth-order valence-electron chi connectivity index (χ4n) is 3.07. The zero-order valence-corrected chi connectivity index (χ0v) is 17.4. The molecule has 8 nitrogen and oxygen atoms in total. The van der Waals surface area contributed by atoms with Gasteiger partial charge in [-0.25, -0.2) is 9.07 Å². The molecule has 0 spiro atoms. The van der Waals surface area contributed by atoms with Gasteiger partial charge in [-0.15, -0.1) is 11.3 Å². The Morgan fingerprint density at radius 1 is 1.15 bits per heavy atom. The summed E-state index contributed by atoms with van der Waals surface area (Å²) in [4.78, 5) is 23.6. The number of thiophene rings is 1. The molecule has 2 heterocycles. The van der Waals surface area contributed by atoms with Gasteiger partial charge in [0.05, 0.1) is 26.7 Å². The van der Waals surface area contributed by atoms with Gasteiger partial charge in [-0.2, -0.15) is 18.3 Å². The van der Waals surface area contributed by atoms with Gasteiger partial charge in [0.2, 0.25) is 0 Å². The van der Waals surface area contributed by atoms with E-state index in [1.54, 1.807) is 17.7 Å². The fraction of sp³-hybridized carbons (Fsp3) is 0.100. The van der Waals surface area contributed by atoms with Crippen molar-refractivity contribution in [1.29, 1.82) is 0 Å². The van der Waals surface area contributed by atoms with Crippen LogP contribution in [0.4, 0.5) is 28.9 Å². The molecule has 4 rings (SSSR count). The summed E-state index contributed by atoms with van der Waals surface area (Å²) in [6.07, 6.45) is -4.75. The van der Waals surface area contributed by atoms with Gasteiger partial charge in [0.25, 0.3) is 11.6 Å². The molecule has 0 aliphatic heterocycles. The number of nitro groups is 1. The molecular weight excluding hydrogens is 466 g/mol. The number of rotatable bonds is 5. The Balaban J connectivity index is 1.58. The second-order valence-corrected chi connectivity index (χ2v) is 7.90. The molecule has 13 heteroatoms. The van der Waals surface area contributed by atoms with Gasteiger partial charge in [0, 0.05) is 11.5 Å². The maximum Gasteiger partial charge on any atom is 0.416 e. The van der Waals surface area contributed by atoms with E-state index in [-0.39, 0.29) is 10.6 Å². The molecule has 2 N–H and O–H groups in total. The van der Waals surface area contributed by atoms with Crippen LogP contribution >= 0.6 is 11.3 Å². The number of hydrazine groups is 1. The average molecular weight is 479 g/mol. The first kappa shape index (κ1) is 22.2. The van der Waals surface area contributed by atoms with Crippen molar-refractivity contribution in [2.24, 2.45) is 0 Å². The lowest BCUT2D eigenvalue weighted by molar-refractivity contribution is -0.384. The molecule has 0 bridgehead atoms. The summed E-state index contributed by atoms with van der Waals surface area (Å²) in [6, 6.07) is 9.11. The van der Waals surface area contributed by atoms with Crippen LogP contribution in [-0.4, -0.2) is 20.6 Å². The predicted octanol–water partition coefficient (Wildman–Crippen LogP) is 5.22. The van der Waals surface area contributed by atoms with Crippen LogP contribution in [0.1, 0.15) is 20.9 Å². The summed E-state index contributed by atoms with van der Waals surface area (Å²) in [5.74, 6) is -1.07. The van der Waals surface area contributed by atoms with Gasteiger partial charge in [0.1, 0.15) is 16.3 Å². The second-order valence-electron chi connectivity index (χ2n) is 6.87. The molecule has 0 saturated carbocycles. The first-order valence-corrected chi connectivity index (χ1v) is 10.0. The third-order valence-electron chi connectivity index (χ3n) is 4.67. The molecule has 0 saturated heterocycles.